The summed E-state index contributed by atoms with van der Waals surface area (Å²) < 4.78 is 5.39. The van der Waals surface area contributed by atoms with Crippen LogP contribution in [0.3, 0.4) is 0 Å². The summed E-state index contributed by atoms with van der Waals surface area (Å²) in [6.45, 7) is 10.2. The summed E-state index contributed by atoms with van der Waals surface area (Å²) in [6, 6.07) is 15.0. The van der Waals surface area contributed by atoms with Gasteiger partial charge < -0.3 is 14.5 Å². The number of halogens is 1. The van der Waals surface area contributed by atoms with Gasteiger partial charge in [0.25, 0.3) is 0 Å². The van der Waals surface area contributed by atoms with Crippen molar-refractivity contribution in [3.05, 3.63) is 64.7 Å². The lowest BCUT2D eigenvalue weighted by molar-refractivity contribution is -0.135. The Morgan fingerprint density at radius 1 is 1.10 bits per heavy atom. The largest absolute Gasteiger partial charge is 0.497 e. The van der Waals surface area contributed by atoms with E-state index in [2.05, 4.69) is 60.0 Å². The number of piperidine rings is 1. The van der Waals surface area contributed by atoms with Crippen molar-refractivity contribution in [2.45, 2.75) is 59.0 Å². The van der Waals surface area contributed by atoms with E-state index in [0.29, 0.717) is 12.5 Å². The standard InChI is InChI=1S/C26H36N2O2.ClH/c1-5-26(29)28(19-22-9-7-6-8-10-22)23-11-14-27(15-12-23)16-13-25-20(2)17-24(30-4)18-21(25)3;/h6-10,17-18,23H,5,11-16,19H2,1-4H3;1H. The monoisotopic (exact) mass is 444 g/mol. The molecule has 1 amide bonds. The van der Waals surface area contributed by atoms with Gasteiger partial charge in [-0.1, -0.05) is 37.3 Å². The lowest BCUT2D eigenvalue weighted by atomic mass is 9.97. The van der Waals surface area contributed by atoms with Gasteiger partial charge in [-0.05, 0) is 67.5 Å². The summed E-state index contributed by atoms with van der Waals surface area (Å²) in [5.74, 6) is 1.20. The summed E-state index contributed by atoms with van der Waals surface area (Å²) in [4.78, 5) is 17.3. The van der Waals surface area contributed by atoms with Gasteiger partial charge in [0.15, 0.2) is 0 Å². The molecule has 2 aromatic carbocycles. The molecule has 0 saturated carbocycles. The molecule has 2 aromatic rings. The van der Waals surface area contributed by atoms with Gasteiger partial charge in [-0.25, -0.2) is 0 Å². The fraction of sp³-hybridized carbons (Fsp3) is 0.500. The van der Waals surface area contributed by atoms with Gasteiger partial charge in [-0.15, -0.1) is 12.4 Å². The van der Waals surface area contributed by atoms with Crippen LogP contribution >= 0.6 is 12.4 Å². The van der Waals surface area contributed by atoms with E-state index in [9.17, 15) is 4.79 Å². The fourth-order valence-corrected chi connectivity index (χ4v) is 4.59. The summed E-state index contributed by atoms with van der Waals surface area (Å²) in [5, 5.41) is 0. The van der Waals surface area contributed by atoms with Crippen LogP contribution in [0.1, 0.15) is 48.4 Å². The Labute approximate surface area is 194 Å². The highest BCUT2D eigenvalue weighted by Gasteiger charge is 2.27. The minimum atomic E-state index is 0. The number of hydrogen-bond acceptors (Lipinski definition) is 3. The highest BCUT2D eigenvalue weighted by molar-refractivity contribution is 5.85. The maximum absolute atomic E-state index is 12.6. The minimum Gasteiger partial charge on any atom is -0.497 e. The lowest BCUT2D eigenvalue weighted by Gasteiger charge is -2.39. The number of aryl methyl sites for hydroxylation is 2. The van der Waals surface area contributed by atoms with E-state index in [-0.39, 0.29) is 18.3 Å². The second-order valence-corrected chi connectivity index (χ2v) is 8.42. The molecular formula is C26H37ClN2O2. The number of hydrogen-bond donors (Lipinski definition) is 0. The molecule has 1 saturated heterocycles. The fourth-order valence-electron chi connectivity index (χ4n) is 4.59. The molecule has 0 aliphatic carbocycles. The summed E-state index contributed by atoms with van der Waals surface area (Å²) in [7, 11) is 1.72. The zero-order valence-corrected chi connectivity index (χ0v) is 20.2. The maximum atomic E-state index is 12.6. The SMILES string of the molecule is CCC(=O)N(Cc1ccccc1)C1CCN(CCc2c(C)cc(OC)cc2C)CC1.Cl. The summed E-state index contributed by atoms with van der Waals surface area (Å²) in [6.07, 6.45) is 3.75. The molecule has 1 aliphatic heterocycles. The van der Waals surface area contributed by atoms with Crippen LogP contribution in [-0.2, 0) is 17.8 Å². The molecule has 0 unspecified atom stereocenters. The molecule has 1 aliphatic rings. The van der Waals surface area contributed by atoms with E-state index in [0.717, 1.165) is 51.2 Å². The molecule has 170 valence electrons. The number of amides is 1. The Morgan fingerprint density at radius 2 is 1.71 bits per heavy atom. The Kier molecular flexibility index (Phi) is 9.86. The third-order valence-corrected chi connectivity index (χ3v) is 6.40. The molecular weight excluding hydrogens is 408 g/mol. The molecule has 31 heavy (non-hydrogen) atoms. The summed E-state index contributed by atoms with van der Waals surface area (Å²) >= 11 is 0. The second-order valence-electron chi connectivity index (χ2n) is 8.42. The van der Waals surface area contributed by atoms with Gasteiger partial charge >= 0.3 is 0 Å². The number of benzene rings is 2. The molecule has 0 N–H and O–H groups in total. The number of nitrogens with zero attached hydrogens (tertiary/aromatic N) is 2. The van der Waals surface area contributed by atoms with E-state index in [4.69, 9.17) is 4.74 Å². The third-order valence-electron chi connectivity index (χ3n) is 6.40. The molecule has 0 radical (unpaired) electrons. The first-order valence-electron chi connectivity index (χ1n) is 11.2. The molecule has 3 rings (SSSR count). The van der Waals surface area contributed by atoms with Crippen LogP contribution in [0, 0.1) is 13.8 Å². The molecule has 0 atom stereocenters. The van der Waals surface area contributed by atoms with Crippen LogP contribution in [0.25, 0.3) is 0 Å². The van der Waals surface area contributed by atoms with Crippen LogP contribution < -0.4 is 4.74 Å². The summed E-state index contributed by atoms with van der Waals surface area (Å²) in [5.41, 5.74) is 5.27. The number of methoxy groups -OCH3 is 1. The quantitative estimate of drug-likeness (QED) is 0.562. The predicted octanol–water partition coefficient (Wildman–Crippen LogP) is 5.18. The molecule has 0 spiro atoms. The molecule has 4 nitrogen and oxygen atoms in total. The van der Waals surface area contributed by atoms with Crippen LogP contribution in [0.2, 0.25) is 0 Å². The van der Waals surface area contributed by atoms with Crippen LogP contribution in [0.4, 0.5) is 0 Å². The first-order chi connectivity index (χ1) is 14.5. The predicted molar refractivity (Wildman–Crippen MR) is 130 cm³/mol. The van der Waals surface area contributed by atoms with Crippen molar-refractivity contribution in [3.63, 3.8) is 0 Å². The molecule has 1 fully saturated rings. The van der Waals surface area contributed by atoms with Gasteiger partial charge in [0.05, 0.1) is 7.11 Å². The maximum Gasteiger partial charge on any atom is 0.222 e. The van der Waals surface area contributed by atoms with Gasteiger partial charge in [-0.3, -0.25) is 4.79 Å². The normalized spacial score (nSPS) is 14.7. The zero-order chi connectivity index (χ0) is 21.5. The topological polar surface area (TPSA) is 32.8 Å². The molecule has 0 aromatic heterocycles. The second kappa shape index (κ2) is 12.1. The minimum absolute atomic E-state index is 0. The number of carbonyl (C=O) groups is 1. The van der Waals surface area contributed by atoms with E-state index < -0.39 is 0 Å². The third kappa shape index (κ3) is 6.72. The first-order valence-corrected chi connectivity index (χ1v) is 11.2. The lowest BCUT2D eigenvalue weighted by Crippen LogP contribution is -2.47. The van der Waals surface area contributed by atoms with Gasteiger partial charge in [-0.2, -0.15) is 0 Å². The van der Waals surface area contributed by atoms with Gasteiger partial charge in [0, 0.05) is 38.6 Å². The number of ether oxygens (including phenoxy) is 1. The van der Waals surface area contributed by atoms with E-state index >= 15 is 0 Å². The average Bonchev–Trinajstić information content (AvgIpc) is 2.77. The van der Waals surface area contributed by atoms with Crippen LogP contribution in [-0.4, -0.2) is 48.5 Å². The van der Waals surface area contributed by atoms with E-state index in [1.165, 1.54) is 22.3 Å². The Hall–Kier alpha value is -2.04. The van der Waals surface area contributed by atoms with Crippen molar-refractivity contribution < 1.29 is 9.53 Å². The van der Waals surface area contributed by atoms with Crippen molar-refractivity contribution in [1.29, 1.82) is 0 Å². The Balaban J connectivity index is 0.00000341. The highest BCUT2D eigenvalue weighted by atomic mass is 35.5. The number of carbonyl (C=O) groups excluding carboxylic acids is 1. The van der Waals surface area contributed by atoms with E-state index in [1.54, 1.807) is 7.11 Å². The van der Waals surface area contributed by atoms with Crippen LogP contribution in [0.15, 0.2) is 42.5 Å². The molecule has 5 heteroatoms. The van der Waals surface area contributed by atoms with Crippen molar-refractivity contribution in [2.24, 2.45) is 0 Å². The van der Waals surface area contributed by atoms with Crippen LogP contribution in [0.5, 0.6) is 5.75 Å². The zero-order valence-electron chi connectivity index (χ0n) is 19.4. The van der Waals surface area contributed by atoms with Crippen molar-refractivity contribution in [3.8, 4) is 5.75 Å². The molecule has 0 bridgehead atoms. The van der Waals surface area contributed by atoms with Gasteiger partial charge in [0.1, 0.15) is 5.75 Å². The van der Waals surface area contributed by atoms with Crippen molar-refractivity contribution >= 4 is 18.3 Å². The molecule has 1 heterocycles. The number of rotatable bonds is 8. The Morgan fingerprint density at radius 3 is 2.26 bits per heavy atom. The number of likely N-dealkylation sites (tertiary alicyclic amines) is 1. The Bertz CT molecular complexity index is 810. The highest BCUT2D eigenvalue weighted by Crippen LogP contribution is 2.24. The van der Waals surface area contributed by atoms with Crippen molar-refractivity contribution in [2.75, 3.05) is 26.7 Å². The average molecular weight is 445 g/mol. The first kappa shape index (κ1) is 25.2. The van der Waals surface area contributed by atoms with Gasteiger partial charge in [0.2, 0.25) is 5.91 Å². The van der Waals surface area contributed by atoms with E-state index in [1.807, 2.05) is 13.0 Å². The smallest absolute Gasteiger partial charge is 0.222 e. The van der Waals surface area contributed by atoms with Crippen molar-refractivity contribution in [1.82, 2.24) is 9.80 Å².